The summed E-state index contributed by atoms with van der Waals surface area (Å²) in [6, 6.07) is 16.5. The van der Waals surface area contributed by atoms with Gasteiger partial charge in [0.2, 0.25) is 0 Å². The van der Waals surface area contributed by atoms with Crippen LogP contribution >= 0.6 is 0 Å². The topological polar surface area (TPSA) is 74.7 Å². The molecular formula is C27H25NO5. The molecule has 6 nitrogen and oxygen atoms in total. The fourth-order valence-electron chi connectivity index (χ4n) is 3.98. The van der Waals surface area contributed by atoms with Gasteiger partial charge in [0.25, 0.3) is 0 Å². The first-order valence-electron chi connectivity index (χ1n) is 10.7. The van der Waals surface area contributed by atoms with E-state index in [0.717, 1.165) is 17.6 Å². The van der Waals surface area contributed by atoms with Crippen LogP contribution in [0, 0.1) is 0 Å². The lowest BCUT2D eigenvalue weighted by atomic mass is 10.0. The number of nitrogens with zero attached hydrogens (tertiary/aromatic N) is 1. The number of carbonyl (C=O) groups is 2. The third-order valence-corrected chi connectivity index (χ3v) is 5.74. The number of Topliss-reactive ketones (excluding diaryl/α,β-unsaturated/α-hetero) is 2. The average Bonchev–Trinajstić information content (AvgIpc) is 3.30. The summed E-state index contributed by atoms with van der Waals surface area (Å²) in [5, 5.41) is 0. The van der Waals surface area contributed by atoms with Crippen molar-refractivity contribution in [1.82, 2.24) is 4.98 Å². The van der Waals surface area contributed by atoms with E-state index in [0.29, 0.717) is 34.2 Å². The summed E-state index contributed by atoms with van der Waals surface area (Å²) < 4.78 is 16.0. The van der Waals surface area contributed by atoms with Gasteiger partial charge in [-0.3, -0.25) is 9.59 Å². The highest BCUT2D eigenvalue weighted by atomic mass is 16.5. The summed E-state index contributed by atoms with van der Waals surface area (Å²) in [5.74, 6) is 1.28. The smallest absolute Gasteiger partial charge is 0.181 e. The molecule has 0 aliphatic heterocycles. The van der Waals surface area contributed by atoms with Gasteiger partial charge in [-0.25, -0.2) is 4.98 Å². The number of rotatable bonds is 9. The van der Waals surface area contributed by atoms with Gasteiger partial charge in [-0.1, -0.05) is 30.3 Å². The van der Waals surface area contributed by atoms with E-state index in [-0.39, 0.29) is 24.4 Å². The number of aromatic nitrogens is 1. The number of methoxy groups -OCH3 is 3. The Kier molecular flexibility index (Phi) is 6.54. The first-order chi connectivity index (χ1) is 16.0. The van der Waals surface area contributed by atoms with E-state index in [9.17, 15) is 9.59 Å². The van der Waals surface area contributed by atoms with Crippen molar-refractivity contribution >= 4 is 17.1 Å². The molecule has 0 fully saturated rings. The summed E-state index contributed by atoms with van der Waals surface area (Å²) in [5.41, 5.74) is 4.69. The Balaban J connectivity index is 1.51. The molecule has 168 valence electrons. The Morgan fingerprint density at radius 1 is 0.818 bits per heavy atom. The van der Waals surface area contributed by atoms with Crippen LogP contribution in [0.5, 0.6) is 17.2 Å². The number of hydrogen-bond donors (Lipinski definition) is 0. The van der Waals surface area contributed by atoms with Gasteiger partial charge in [-0.15, -0.1) is 0 Å². The summed E-state index contributed by atoms with van der Waals surface area (Å²) in [6.07, 6.45) is 3.04. The van der Waals surface area contributed by atoms with Crippen LogP contribution in [0.15, 0.2) is 60.7 Å². The van der Waals surface area contributed by atoms with Gasteiger partial charge in [0.15, 0.2) is 23.1 Å². The molecule has 0 bridgehead atoms. The van der Waals surface area contributed by atoms with E-state index in [1.807, 2.05) is 18.2 Å². The standard InChI is InChI=1S/C27H25NO5/c1-31-24-14-9-18(16-26(24)33-3)22(29)12-13-23(30)21-11-15-25(32-2)27(28-21)20-10-8-17-6-4-5-7-19(17)20/h4-7,9-11,14-16H,8,12-13H2,1-3H3. The minimum absolute atomic E-state index is 0.0571. The van der Waals surface area contributed by atoms with Crippen molar-refractivity contribution in [3.05, 3.63) is 88.8 Å². The van der Waals surface area contributed by atoms with Crippen molar-refractivity contribution in [2.24, 2.45) is 0 Å². The predicted octanol–water partition coefficient (Wildman–Crippen LogP) is 4.94. The number of benzene rings is 2. The maximum absolute atomic E-state index is 12.9. The number of ketones is 2. The lowest BCUT2D eigenvalue weighted by Crippen LogP contribution is -2.09. The molecule has 0 saturated carbocycles. The van der Waals surface area contributed by atoms with Gasteiger partial charge in [0.05, 0.1) is 21.3 Å². The zero-order valence-corrected chi connectivity index (χ0v) is 18.9. The number of pyridine rings is 1. The molecule has 0 radical (unpaired) electrons. The lowest BCUT2D eigenvalue weighted by molar-refractivity contribution is 0.0914. The molecule has 0 spiro atoms. The molecule has 0 N–H and O–H groups in total. The Labute approximate surface area is 192 Å². The Bertz CT molecular complexity index is 1250. The van der Waals surface area contributed by atoms with Crippen LogP contribution in [0.2, 0.25) is 0 Å². The average molecular weight is 443 g/mol. The zero-order chi connectivity index (χ0) is 23.4. The third kappa shape index (κ3) is 4.51. The Morgan fingerprint density at radius 3 is 2.27 bits per heavy atom. The van der Waals surface area contributed by atoms with Crippen LogP contribution in [-0.4, -0.2) is 37.9 Å². The molecule has 1 aliphatic carbocycles. The number of ether oxygens (including phenoxy) is 3. The second-order valence-electron chi connectivity index (χ2n) is 7.64. The van der Waals surface area contributed by atoms with Crippen LogP contribution in [-0.2, 0) is 6.42 Å². The van der Waals surface area contributed by atoms with E-state index in [2.05, 4.69) is 17.1 Å². The fraction of sp³-hybridized carbons (Fsp3) is 0.222. The SMILES string of the molecule is COc1ccc(C(=O)CCC(=O)c2ccc(OC)c(C3=CCc4ccccc43)n2)cc1OC. The highest BCUT2D eigenvalue weighted by molar-refractivity contribution is 6.02. The highest BCUT2D eigenvalue weighted by Crippen LogP contribution is 2.36. The third-order valence-electron chi connectivity index (χ3n) is 5.74. The molecule has 1 aliphatic rings. The molecule has 33 heavy (non-hydrogen) atoms. The molecule has 4 rings (SSSR count). The first-order valence-corrected chi connectivity index (χ1v) is 10.7. The van der Waals surface area contributed by atoms with Crippen molar-refractivity contribution in [3.63, 3.8) is 0 Å². The van der Waals surface area contributed by atoms with Crippen molar-refractivity contribution in [1.29, 1.82) is 0 Å². The van der Waals surface area contributed by atoms with Crippen LogP contribution < -0.4 is 14.2 Å². The molecule has 0 unspecified atom stereocenters. The molecule has 0 amide bonds. The number of hydrogen-bond acceptors (Lipinski definition) is 6. The van der Waals surface area contributed by atoms with Gasteiger partial charge in [-0.2, -0.15) is 0 Å². The Hall–Kier alpha value is -3.93. The highest BCUT2D eigenvalue weighted by Gasteiger charge is 2.22. The summed E-state index contributed by atoms with van der Waals surface area (Å²) in [6.45, 7) is 0. The Morgan fingerprint density at radius 2 is 1.52 bits per heavy atom. The van der Waals surface area contributed by atoms with E-state index in [4.69, 9.17) is 14.2 Å². The van der Waals surface area contributed by atoms with E-state index < -0.39 is 0 Å². The largest absolute Gasteiger partial charge is 0.494 e. The van der Waals surface area contributed by atoms with Gasteiger partial charge in [0, 0.05) is 24.0 Å². The summed E-state index contributed by atoms with van der Waals surface area (Å²) in [4.78, 5) is 30.2. The van der Waals surface area contributed by atoms with Gasteiger partial charge < -0.3 is 14.2 Å². The van der Waals surface area contributed by atoms with Crippen molar-refractivity contribution in [2.75, 3.05) is 21.3 Å². The fourth-order valence-corrected chi connectivity index (χ4v) is 3.98. The molecular weight excluding hydrogens is 418 g/mol. The molecule has 3 aromatic rings. The zero-order valence-electron chi connectivity index (χ0n) is 18.9. The second kappa shape index (κ2) is 9.69. The van der Waals surface area contributed by atoms with Crippen LogP contribution in [0.4, 0.5) is 0 Å². The number of fused-ring (bicyclic) bond motifs is 1. The summed E-state index contributed by atoms with van der Waals surface area (Å²) in [7, 11) is 4.64. The van der Waals surface area contributed by atoms with Crippen LogP contribution in [0.3, 0.4) is 0 Å². The molecule has 2 aromatic carbocycles. The van der Waals surface area contributed by atoms with Crippen LogP contribution in [0.25, 0.3) is 5.57 Å². The maximum Gasteiger partial charge on any atom is 0.181 e. The predicted molar refractivity (Wildman–Crippen MR) is 125 cm³/mol. The number of allylic oxidation sites excluding steroid dienone is 1. The molecule has 0 atom stereocenters. The van der Waals surface area contributed by atoms with E-state index in [1.54, 1.807) is 37.4 Å². The quantitative estimate of drug-likeness (QED) is 0.436. The van der Waals surface area contributed by atoms with Gasteiger partial charge in [0.1, 0.15) is 17.1 Å². The lowest BCUT2D eigenvalue weighted by Gasteiger charge is -2.12. The molecule has 6 heteroatoms. The van der Waals surface area contributed by atoms with Crippen molar-refractivity contribution < 1.29 is 23.8 Å². The van der Waals surface area contributed by atoms with Crippen molar-refractivity contribution in [2.45, 2.75) is 19.3 Å². The minimum atomic E-state index is -0.195. The minimum Gasteiger partial charge on any atom is -0.494 e. The molecule has 1 aromatic heterocycles. The molecule has 1 heterocycles. The monoisotopic (exact) mass is 443 g/mol. The normalized spacial score (nSPS) is 12.0. The first kappa shape index (κ1) is 22.3. The second-order valence-corrected chi connectivity index (χ2v) is 7.64. The van der Waals surface area contributed by atoms with Gasteiger partial charge in [-0.05, 0) is 47.9 Å². The maximum atomic E-state index is 12.9. The van der Waals surface area contributed by atoms with Crippen LogP contribution in [0.1, 0.15) is 50.5 Å². The summed E-state index contributed by atoms with van der Waals surface area (Å²) >= 11 is 0. The molecule has 0 saturated heterocycles. The van der Waals surface area contributed by atoms with Crippen molar-refractivity contribution in [3.8, 4) is 17.2 Å². The number of carbonyl (C=O) groups excluding carboxylic acids is 2. The van der Waals surface area contributed by atoms with E-state index >= 15 is 0 Å². The van der Waals surface area contributed by atoms with Gasteiger partial charge >= 0.3 is 0 Å². The van der Waals surface area contributed by atoms with E-state index in [1.165, 1.54) is 19.8 Å².